The molecule has 2 rings (SSSR count). The van der Waals surface area contributed by atoms with E-state index in [-0.39, 0.29) is 0 Å². The Labute approximate surface area is 149 Å². The fraction of sp³-hybridized carbons (Fsp3) is 0.684. The van der Waals surface area contributed by atoms with Gasteiger partial charge in [0.05, 0.1) is 0 Å². The van der Waals surface area contributed by atoms with E-state index < -0.39 is 0 Å². The van der Waals surface area contributed by atoms with Gasteiger partial charge in [-0.05, 0) is 37.0 Å². The second-order valence-electron chi connectivity index (χ2n) is 6.06. The summed E-state index contributed by atoms with van der Waals surface area (Å²) in [5.41, 5.74) is 1.35. The summed E-state index contributed by atoms with van der Waals surface area (Å²) in [4.78, 5) is 0. The molecule has 0 bridgehead atoms. The molecule has 4 heteroatoms. The monoisotopic (exact) mass is 354 g/mol. The molecule has 0 fully saturated rings. The highest BCUT2D eigenvalue weighted by Gasteiger charge is 2.12. The second kappa shape index (κ2) is 12.0. The molecule has 0 aliphatic carbocycles. The predicted octanol–water partition coefficient (Wildman–Crippen LogP) is 6.48. The highest BCUT2D eigenvalue weighted by Crippen LogP contribution is 2.33. The molecule has 1 aromatic rings. The topological polar surface area (TPSA) is 18.5 Å². The number of fused-ring (bicyclic) bond motifs is 1. The molecule has 0 aromatic heterocycles. The molecule has 0 N–H and O–H groups in total. The minimum atomic E-state index is 0.365. The van der Waals surface area contributed by atoms with Crippen LogP contribution in [0.3, 0.4) is 0 Å². The summed E-state index contributed by atoms with van der Waals surface area (Å²) in [6.07, 6.45) is 12.2. The van der Waals surface area contributed by atoms with Crippen LogP contribution in [0, 0.1) is 0 Å². The van der Waals surface area contributed by atoms with E-state index in [0.29, 0.717) is 6.79 Å². The Morgan fingerprint density at radius 3 is 2.35 bits per heavy atom. The minimum Gasteiger partial charge on any atom is -0.454 e. The van der Waals surface area contributed by atoms with Crippen LogP contribution in [0.15, 0.2) is 18.2 Å². The van der Waals surface area contributed by atoms with Crippen molar-refractivity contribution in [1.29, 1.82) is 0 Å². The standard InChI is InChI=1S/C19H30O2S2/c1-2-3-4-5-6-7-8-13-22-23-14-9-10-17-11-12-18-19(15-17)21-16-20-18/h11-12,15H,2-10,13-14,16H2,1H3. The predicted molar refractivity (Wildman–Crippen MR) is 104 cm³/mol. The summed E-state index contributed by atoms with van der Waals surface area (Å²) in [6, 6.07) is 6.31. The van der Waals surface area contributed by atoms with Crippen LogP contribution in [0.5, 0.6) is 11.5 Å². The first-order chi connectivity index (χ1) is 11.4. The number of benzene rings is 1. The van der Waals surface area contributed by atoms with Gasteiger partial charge in [0, 0.05) is 11.5 Å². The fourth-order valence-electron chi connectivity index (χ4n) is 2.67. The van der Waals surface area contributed by atoms with E-state index >= 15 is 0 Å². The highest BCUT2D eigenvalue weighted by atomic mass is 33.1. The molecule has 1 aliphatic heterocycles. The maximum Gasteiger partial charge on any atom is 0.231 e. The summed E-state index contributed by atoms with van der Waals surface area (Å²) >= 11 is 0. The van der Waals surface area contributed by atoms with Gasteiger partial charge in [-0.15, -0.1) is 0 Å². The van der Waals surface area contributed by atoms with Crippen molar-refractivity contribution < 1.29 is 9.47 Å². The third-order valence-corrected chi connectivity index (χ3v) is 6.62. The van der Waals surface area contributed by atoms with Crippen LogP contribution in [0.4, 0.5) is 0 Å². The summed E-state index contributed by atoms with van der Waals surface area (Å²) in [7, 11) is 4.08. The normalized spacial score (nSPS) is 12.7. The van der Waals surface area contributed by atoms with Crippen LogP contribution in [0.25, 0.3) is 0 Å². The van der Waals surface area contributed by atoms with E-state index in [0.717, 1.165) is 17.9 Å². The summed E-state index contributed by atoms with van der Waals surface area (Å²) in [5, 5.41) is 0. The van der Waals surface area contributed by atoms with E-state index in [1.54, 1.807) is 0 Å². The third kappa shape index (κ3) is 7.75. The summed E-state index contributed by atoms with van der Waals surface area (Å²) in [6.45, 7) is 2.64. The third-order valence-electron chi connectivity index (χ3n) is 4.04. The van der Waals surface area contributed by atoms with Gasteiger partial charge in [0.25, 0.3) is 0 Å². The average molecular weight is 355 g/mol. The molecule has 0 amide bonds. The van der Waals surface area contributed by atoms with Crippen molar-refractivity contribution in [3.63, 3.8) is 0 Å². The van der Waals surface area contributed by atoms with E-state index in [1.165, 1.54) is 68.4 Å². The zero-order chi connectivity index (χ0) is 16.2. The highest BCUT2D eigenvalue weighted by molar-refractivity contribution is 8.76. The van der Waals surface area contributed by atoms with E-state index in [1.807, 2.05) is 27.7 Å². The molecule has 130 valence electrons. The van der Waals surface area contributed by atoms with Crippen LogP contribution < -0.4 is 9.47 Å². The molecular weight excluding hydrogens is 324 g/mol. The van der Waals surface area contributed by atoms with Crippen molar-refractivity contribution in [3.05, 3.63) is 23.8 Å². The van der Waals surface area contributed by atoms with E-state index in [9.17, 15) is 0 Å². The van der Waals surface area contributed by atoms with Gasteiger partial charge in [-0.2, -0.15) is 0 Å². The first-order valence-electron chi connectivity index (χ1n) is 9.03. The zero-order valence-electron chi connectivity index (χ0n) is 14.4. The lowest BCUT2D eigenvalue weighted by atomic mass is 10.1. The first kappa shape index (κ1) is 18.9. The minimum absolute atomic E-state index is 0.365. The van der Waals surface area contributed by atoms with Gasteiger partial charge in [0.15, 0.2) is 11.5 Å². The largest absolute Gasteiger partial charge is 0.454 e. The molecule has 1 aromatic carbocycles. The van der Waals surface area contributed by atoms with Gasteiger partial charge in [-0.25, -0.2) is 0 Å². The smallest absolute Gasteiger partial charge is 0.231 e. The lowest BCUT2D eigenvalue weighted by Crippen LogP contribution is -1.93. The molecule has 0 unspecified atom stereocenters. The Bertz CT molecular complexity index is 437. The number of unbranched alkanes of at least 4 members (excludes halogenated alkanes) is 6. The van der Waals surface area contributed by atoms with Gasteiger partial charge < -0.3 is 9.47 Å². The van der Waals surface area contributed by atoms with Crippen molar-refractivity contribution >= 4 is 21.6 Å². The fourth-order valence-corrected chi connectivity index (χ4v) is 4.90. The first-order valence-corrected chi connectivity index (χ1v) is 11.5. The van der Waals surface area contributed by atoms with Crippen LogP contribution in [0.1, 0.15) is 63.9 Å². The molecule has 0 spiro atoms. The van der Waals surface area contributed by atoms with Gasteiger partial charge in [0.1, 0.15) is 0 Å². The van der Waals surface area contributed by atoms with Crippen molar-refractivity contribution in [2.24, 2.45) is 0 Å². The van der Waals surface area contributed by atoms with Crippen molar-refractivity contribution in [1.82, 2.24) is 0 Å². The van der Waals surface area contributed by atoms with Gasteiger partial charge in [-0.3, -0.25) is 0 Å². The molecule has 1 aliphatic rings. The lowest BCUT2D eigenvalue weighted by Gasteiger charge is -2.04. The Balaban J connectivity index is 1.40. The Morgan fingerprint density at radius 1 is 0.826 bits per heavy atom. The Morgan fingerprint density at radius 2 is 1.52 bits per heavy atom. The molecule has 0 atom stereocenters. The Kier molecular flexibility index (Phi) is 9.81. The van der Waals surface area contributed by atoms with Gasteiger partial charge >= 0.3 is 0 Å². The lowest BCUT2D eigenvalue weighted by molar-refractivity contribution is 0.174. The van der Waals surface area contributed by atoms with Crippen LogP contribution in [-0.2, 0) is 6.42 Å². The molecule has 2 nitrogen and oxygen atoms in total. The van der Waals surface area contributed by atoms with Crippen LogP contribution >= 0.6 is 21.6 Å². The van der Waals surface area contributed by atoms with Gasteiger partial charge in [0.2, 0.25) is 6.79 Å². The molecule has 23 heavy (non-hydrogen) atoms. The molecule has 1 heterocycles. The maximum atomic E-state index is 5.42. The number of hydrogen-bond donors (Lipinski definition) is 0. The quantitative estimate of drug-likeness (QED) is 0.298. The van der Waals surface area contributed by atoms with Crippen LogP contribution in [-0.4, -0.2) is 18.3 Å². The number of rotatable bonds is 13. The molecule has 0 radical (unpaired) electrons. The van der Waals surface area contributed by atoms with Crippen molar-refractivity contribution in [3.8, 4) is 11.5 Å². The number of ether oxygens (including phenoxy) is 2. The average Bonchev–Trinajstić information content (AvgIpc) is 3.03. The summed E-state index contributed by atoms with van der Waals surface area (Å²) in [5.74, 6) is 4.33. The molecule has 0 saturated carbocycles. The molecular formula is C19H30O2S2. The Hall–Kier alpha value is -0.480. The maximum absolute atomic E-state index is 5.42. The van der Waals surface area contributed by atoms with Crippen molar-refractivity contribution in [2.45, 2.75) is 64.7 Å². The second-order valence-corrected chi connectivity index (χ2v) is 8.76. The zero-order valence-corrected chi connectivity index (χ0v) is 16.0. The summed E-state index contributed by atoms with van der Waals surface area (Å²) < 4.78 is 10.8. The molecule has 0 saturated heterocycles. The SMILES string of the molecule is CCCCCCCCCSSCCCc1ccc2c(c1)OCO2. The van der Waals surface area contributed by atoms with E-state index in [4.69, 9.17) is 9.47 Å². The van der Waals surface area contributed by atoms with Crippen LogP contribution in [0.2, 0.25) is 0 Å². The van der Waals surface area contributed by atoms with Gasteiger partial charge in [-0.1, -0.05) is 73.1 Å². The van der Waals surface area contributed by atoms with Crippen molar-refractivity contribution in [2.75, 3.05) is 18.3 Å². The number of aryl methyl sites for hydroxylation is 1. The number of hydrogen-bond acceptors (Lipinski definition) is 4. The van der Waals surface area contributed by atoms with E-state index in [2.05, 4.69) is 19.1 Å².